The topological polar surface area (TPSA) is 85.3 Å². The lowest BCUT2D eigenvalue weighted by atomic mass is 9.98. The maximum absolute atomic E-state index is 12.3. The van der Waals surface area contributed by atoms with E-state index in [0.717, 1.165) is 12.8 Å². The molecule has 0 spiro atoms. The van der Waals surface area contributed by atoms with Gasteiger partial charge in [0.1, 0.15) is 0 Å². The molecule has 0 unspecified atom stereocenters. The van der Waals surface area contributed by atoms with Crippen molar-refractivity contribution in [2.45, 2.75) is 32.6 Å². The molecule has 0 N–H and O–H groups in total. The molecular formula is C13H16N4O3. The van der Waals surface area contributed by atoms with Gasteiger partial charge in [-0.3, -0.25) is 4.79 Å². The van der Waals surface area contributed by atoms with E-state index >= 15 is 0 Å². The highest BCUT2D eigenvalue weighted by molar-refractivity contribution is 5.91. The maximum atomic E-state index is 12.3. The highest BCUT2D eigenvalue weighted by Crippen LogP contribution is 2.26. The number of likely N-dealkylation sites (tertiary alicyclic amines) is 1. The van der Waals surface area contributed by atoms with E-state index < -0.39 is 0 Å². The van der Waals surface area contributed by atoms with Gasteiger partial charge in [0.2, 0.25) is 11.7 Å². The van der Waals surface area contributed by atoms with Crippen LogP contribution in [0.5, 0.6) is 0 Å². The number of amides is 1. The van der Waals surface area contributed by atoms with E-state index in [1.165, 1.54) is 0 Å². The first-order valence-corrected chi connectivity index (χ1v) is 6.66. The molecule has 3 heterocycles. The minimum Gasteiger partial charge on any atom is -0.351 e. The monoisotopic (exact) mass is 276 g/mol. The van der Waals surface area contributed by atoms with Crippen LogP contribution in [0.15, 0.2) is 15.1 Å². The van der Waals surface area contributed by atoms with Crippen LogP contribution in [0.1, 0.15) is 46.7 Å². The van der Waals surface area contributed by atoms with Crippen molar-refractivity contribution >= 4 is 5.91 Å². The summed E-state index contributed by atoms with van der Waals surface area (Å²) >= 11 is 0. The van der Waals surface area contributed by atoms with Crippen LogP contribution in [0.2, 0.25) is 0 Å². The molecule has 0 radical (unpaired) electrons. The van der Waals surface area contributed by atoms with Crippen molar-refractivity contribution < 1.29 is 13.8 Å². The summed E-state index contributed by atoms with van der Waals surface area (Å²) in [5.74, 6) is 1.47. The van der Waals surface area contributed by atoms with Crippen molar-refractivity contribution in [1.29, 1.82) is 0 Å². The summed E-state index contributed by atoms with van der Waals surface area (Å²) < 4.78 is 10.2. The van der Waals surface area contributed by atoms with Crippen LogP contribution in [-0.2, 0) is 0 Å². The Morgan fingerprint density at radius 1 is 1.35 bits per heavy atom. The van der Waals surface area contributed by atoms with Gasteiger partial charge in [-0.2, -0.15) is 4.98 Å². The van der Waals surface area contributed by atoms with E-state index in [-0.39, 0.29) is 17.6 Å². The van der Waals surface area contributed by atoms with Crippen molar-refractivity contribution in [3.8, 4) is 0 Å². The van der Waals surface area contributed by atoms with Gasteiger partial charge < -0.3 is 13.9 Å². The molecule has 2 aromatic rings. The van der Waals surface area contributed by atoms with E-state index in [4.69, 9.17) is 9.05 Å². The van der Waals surface area contributed by atoms with Crippen LogP contribution >= 0.6 is 0 Å². The average molecular weight is 276 g/mol. The minimum absolute atomic E-state index is 0.0953. The number of aromatic nitrogens is 3. The van der Waals surface area contributed by atoms with Crippen LogP contribution in [0.25, 0.3) is 0 Å². The third kappa shape index (κ3) is 2.43. The second-order valence-electron chi connectivity index (χ2n) is 5.10. The number of hydrogen-bond acceptors (Lipinski definition) is 6. The predicted octanol–water partition coefficient (Wildman–Crippen LogP) is 1.69. The van der Waals surface area contributed by atoms with Gasteiger partial charge in [0, 0.05) is 19.2 Å². The second-order valence-corrected chi connectivity index (χ2v) is 5.10. The normalized spacial score (nSPS) is 19.3. The van der Waals surface area contributed by atoms with Crippen LogP contribution in [0, 0.1) is 13.8 Å². The molecule has 1 fully saturated rings. The number of hydrogen-bond donors (Lipinski definition) is 0. The number of carbonyl (C=O) groups excluding carboxylic acids is 1. The number of aryl methyl sites for hydroxylation is 2. The molecule has 0 aromatic carbocycles. The van der Waals surface area contributed by atoms with Crippen molar-refractivity contribution in [3.05, 3.63) is 29.2 Å². The third-order valence-electron chi connectivity index (χ3n) is 3.44. The van der Waals surface area contributed by atoms with E-state index in [1.54, 1.807) is 24.8 Å². The summed E-state index contributed by atoms with van der Waals surface area (Å²) in [6, 6.07) is 1.66. The molecular weight excluding hydrogens is 260 g/mol. The largest absolute Gasteiger partial charge is 0.351 e. The molecule has 1 amide bonds. The SMILES string of the molecule is Cc1cc(C(=O)N2CCC[C@@H](c3nc(C)no3)C2)on1. The minimum atomic E-state index is -0.133. The molecule has 2 aromatic heterocycles. The van der Waals surface area contributed by atoms with Crippen molar-refractivity contribution in [2.75, 3.05) is 13.1 Å². The molecule has 3 rings (SSSR count). The van der Waals surface area contributed by atoms with Gasteiger partial charge in [-0.25, -0.2) is 0 Å². The zero-order valence-electron chi connectivity index (χ0n) is 11.5. The van der Waals surface area contributed by atoms with E-state index in [0.29, 0.717) is 30.5 Å². The molecule has 20 heavy (non-hydrogen) atoms. The first-order chi connectivity index (χ1) is 9.63. The van der Waals surface area contributed by atoms with E-state index in [9.17, 15) is 4.79 Å². The van der Waals surface area contributed by atoms with Crippen LogP contribution < -0.4 is 0 Å². The Kier molecular flexibility index (Phi) is 3.25. The number of carbonyl (C=O) groups is 1. The molecule has 1 saturated heterocycles. The van der Waals surface area contributed by atoms with E-state index in [1.807, 2.05) is 0 Å². The second kappa shape index (κ2) is 5.07. The van der Waals surface area contributed by atoms with Gasteiger partial charge in [0.05, 0.1) is 11.6 Å². The fraction of sp³-hybridized carbons (Fsp3) is 0.538. The van der Waals surface area contributed by atoms with Crippen LogP contribution in [0.4, 0.5) is 0 Å². The zero-order valence-corrected chi connectivity index (χ0v) is 11.5. The molecule has 7 heteroatoms. The van der Waals surface area contributed by atoms with Gasteiger partial charge in [-0.1, -0.05) is 10.3 Å². The molecule has 0 aliphatic carbocycles. The Bertz CT molecular complexity index is 619. The molecule has 1 atom stereocenters. The Hall–Kier alpha value is -2.18. The van der Waals surface area contributed by atoms with Crippen LogP contribution in [0.3, 0.4) is 0 Å². The Balaban J connectivity index is 1.73. The molecule has 0 saturated carbocycles. The lowest BCUT2D eigenvalue weighted by molar-refractivity contribution is 0.0654. The van der Waals surface area contributed by atoms with Crippen molar-refractivity contribution in [2.24, 2.45) is 0 Å². The lowest BCUT2D eigenvalue weighted by Gasteiger charge is -2.30. The summed E-state index contributed by atoms with van der Waals surface area (Å²) in [6.07, 6.45) is 1.85. The molecule has 7 nitrogen and oxygen atoms in total. The summed E-state index contributed by atoms with van der Waals surface area (Å²) in [4.78, 5) is 18.3. The van der Waals surface area contributed by atoms with Gasteiger partial charge in [-0.15, -0.1) is 0 Å². The van der Waals surface area contributed by atoms with Gasteiger partial charge in [-0.05, 0) is 26.7 Å². The Morgan fingerprint density at radius 2 is 2.20 bits per heavy atom. The highest BCUT2D eigenvalue weighted by Gasteiger charge is 2.30. The zero-order chi connectivity index (χ0) is 14.1. The number of piperidine rings is 1. The summed E-state index contributed by atoms with van der Waals surface area (Å²) in [5, 5.41) is 7.55. The quantitative estimate of drug-likeness (QED) is 0.829. The van der Waals surface area contributed by atoms with Crippen LogP contribution in [-0.4, -0.2) is 39.2 Å². The highest BCUT2D eigenvalue weighted by atomic mass is 16.5. The lowest BCUT2D eigenvalue weighted by Crippen LogP contribution is -2.39. The molecule has 106 valence electrons. The third-order valence-corrected chi connectivity index (χ3v) is 3.44. The molecule has 1 aliphatic heterocycles. The average Bonchev–Trinajstić information content (AvgIpc) is 3.07. The molecule has 0 bridgehead atoms. The molecule has 1 aliphatic rings. The van der Waals surface area contributed by atoms with E-state index in [2.05, 4.69) is 15.3 Å². The van der Waals surface area contributed by atoms with Gasteiger partial charge >= 0.3 is 0 Å². The first kappa shape index (κ1) is 12.8. The first-order valence-electron chi connectivity index (χ1n) is 6.66. The smallest absolute Gasteiger partial charge is 0.292 e. The maximum Gasteiger partial charge on any atom is 0.292 e. The van der Waals surface area contributed by atoms with Gasteiger partial charge in [0.25, 0.3) is 5.91 Å². The van der Waals surface area contributed by atoms with Gasteiger partial charge in [0.15, 0.2) is 5.82 Å². The fourth-order valence-electron chi connectivity index (χ4n) is 2.46. The fourth-order valence-corrected chi connectivity index (χ4v) is 2.46. The summed E-state index contributed by atoms with van der Waals surface area (Å²) in [6.45, 7) is 4.86. The summed E-state index contributed by atoms with van der Waals surface area (Å²) in [5.41, 5.74) is 0.703. The Morgan fingerprint density at radius 3 is 2.85 bits per heavy atom. The summed E-state index contributed by atoms with van der Waals surface area (Å²) in [7, 11) is 0. The number of nitrogens with zero attached hydrogens (tertiary/aromatic N) is 4. The standard InChI is InChI=1S/C13H16N4O3/c1-8-6-11(19-15-8)13(18)17-5-3-4-10(7-17)12-14-9(2)16-20-12/h6,10H,3-5,7H2,1-2H3/t10-/m1/s1. The van der Waals surface area contributed by atoms with Crippen molar-refractivity contribution in [3.63, 3.8) is 0 Å². The Labute approximate surface area is 115 Å². The predicted molar refractivity (Wildman–Crippen MR) is 68.2 cm³/mol. The van der Waals surface area contributed by atoms with Crippen molar-refractivity contribution in [1.82, 2.24) is 20.2 Å². The number of rotatable bonds is 2.